The summed E-state index contributed by atoms with van der Waals surface area (Å²) in [7, 11) is 0. The molecular formula is C17H24N2O4. The second-order valence-electron chi connectivity index (χ2n) is 6.58. The monoisotopic (exact) mass is 320 g/mol. The quantitative estimate of drug-likeness (QED) is 0.745. The highest BCUT2D eigenvalue weighted by atomic mass is 16.4. The van der Waals surface area contributed by atoms with Gasteiger partial charge < -0.3 is 15.7 Å². The fourth-order valence-electron chi connectivity index (χ4n) is 1.66. The van der Waals surface area contributed by atoms with E-state index in [1.165, 1.54) is 6.92 Å². The minimum atomic E-state index is -0.949. The molecule has 1 aromatic carbocycles. The largest absolute Gasteiger partial charge is 0.481 e. The maximum absolute atomic E-state index is 11.9. The Morgan fingerprint density at radius 3 is 2.13 bits per heavy atom. The highest BCUT2D eigenvalue weighted by molar-refractivity contribution is 5.94. The number of carboxylic acid groups (broad SMARTS) is 1. The molecule has 1 aromatic rings. The van der Waals surface area contributed by atoms with E-state index in [9.17, 15) is 14.4 Å². The van der Waals surface area contributed by atoms with Gasteiger partial charge in [0, 0.05) is 24.1 Å². The van der Waals surface area contributed by atoms with Gasteiger partial charge in [0.2, 0.25) is 5.91 Å². The summed E-state index contributed by atoms with van der Waals surface area (Å²) in [6.07, 6.45) is 0. The number of hydrogen-bond acceptors (Lipinski definition) is 3. The lowest BCUT2D eigenvalue weighted by Gasteiger charge is -2.17. The summed E-state index contributed by atoms with van der Waals surface area (Å²) in [5.74, 6) is -1.94. The van der Waals surface area contributed by atoms with Crippen molar-refractivity contribution in [3.63, 3.8) is 0 Å². The van der Waals surface area contributed by atoms with Crippen LogP contribution in [0.5, 0.6) is 0 Å². The Labute approximate surface area is 136 Å². The average Bonchev–Trinajstić information content (AvgIpc) is 2.49. The molecular weight excluding hydrogens is 296 g/mol. The van der Waals surface area contributed by atoms with Crippen molar-refractivity contribution in [2.45, 2.75) is 34.2 Å². The molecule has 23 heavy (non-hydrogen) atoms. The molecule has 1 unspecified atom stereocenters. The third-order valence-corrected chi connectivity index (χ3v) is 3.34. The number of benzene rings is 1. The summed E-state index contributed by atoms with van der Waals surface area (Å²) >= 11 is 0. The molecule has 0 fully saturated rings. The minimum Gasteiger partial charge on any atom is -0.481 e. The Morgan fingerprint density at radius 2 is 1.65 bits per heavy atom. The standard InChI is InChI=1S/C17H24N2O4/c1-11(15(21)22)9-18-14(20)13-7-5-12(6-8-13)10-19-16(23)17(2,3)4/h5-8,11H,9-10H2,1-4H3,(H,18,20)(H,19,23)(H,21,22). The highest BCUT2D eigenvalue weighted by Gasteiger charge is 2.20. The van der Waals surface area contributed by atoms with Gasteiger partial charge in [-0.1, -0.05) is 39.8 Å². The van der Waals surface area contributed by atoms with Gasteiger partial charge in [-0.2, -0.15) is 0 Å². The van der Waals surface area contributed by atoms with Crippen LogP contribution in [0, 0.1) is 11.3 Å². The van der Waals surface area contributed by atoms with E-state index in [2.05, 4.69) is 10.6 Å². The maximum atomic E-state index is 11.9. The smallest absolute Gasteiger partial charge is 0.308 e. The molecule has 0 radical (unpaired) electrons. The molecule has 0 aliphatic heterocycles. The molecule has 0 bridgehead atoms. The Kier molecular flexibility index (Phi) is 6.30. The molecule has 3 N–H and O–H groups in total. The number of nitrogens with one attached hydrogen (secondary N) is 2. The molecule has 1 atom stereocenters. The van der Waals surface area contributed by atoms with E-state index in [0.717, 1.165) is 5.56 Å². The second-order valence-corrected chi connectivity index (χ2v) is 6.58. The number of carbonyl (C=O) groups is 3. The average molecular weight is 320 g/mol. The second kappa shape index (κ2) is 7.76. The molecule has 0 spiro atoms. The molecule has 0 aliphatic rings. The summed E-state index contributed by atoms with van der Waals surface area (Å²) in [4.78, 5) is 34.4. The fourth-order valence-corrected chi connectivity index (χ4v) is 1.66. The molecule has 0 saturated carbocycles. The van der Waals surface area contributed by atoms with Gasteiger partial charge in [0.1, 0.15) is 0 Å². The summed E-state index contributed by atoms with van der Waals surface area (Å²) in [6, 6.07) is 6.83. The van der Waals surface area contributed by atoms with Crippen LogP contribution in [0.15, 0.2) is 24.3 Å². The molecule has 0 aliphatic carbocycles. The van der Waals surface area contributed by atoms with Gasteiger partial charge in [0.15, 0.2) is 0 Å². The molecule has 126 valence electrons. The van der Waals surface area contributed by atoms with Crippen molar-refractivity contribution >= 4 is 17.8 Å². The van der Waals surface area contributed by atoms with Crippen molar-refractivity contribution in [2.75, 3.05) is 6.54 Å². The van der Waals surface area contributed by atoms with Gasteiger partial charge in [0.25, 0.3) is 5.91 Å². The van der Waals surface area contributed by atoms with E-state index < -0.39 is 17.3 Å². The lowest BCUT2D eigenvalue weighted by Crippen LogP contribution is -2.34. The Balaban J connectivity index is 2.54. The molecule has 2 amide bonds. The number of carbonyl (C=O) groups excluding carboxylic acids is 2. The van der Waals surface area contributed by atoms with Crippen LogP contribution in [0.25, 0.3) is 0 Å². The third kappa shape index (κ3) is 6.10. The van der Waals surface area contributed by atoms with Crippen molar-refractivity contribution in [1.82, 2.24) is 10.6 Å². The number of hydrogen-bond donors (Lipinski definition) is 3. The minimum absolute atomic E-state index is 0.0398. The zero-order valence-corrected chi connectivity index (χ0v) is 14.0. The van der Waals surface area contributed by atoms with Crippen molar-refractivity contribution in [1.29, 1.82) is 0 Å². The number of aliphatic carboxylic acids is 1. The first-order valence-corrected chi connectivity index (χ1v) is 7.49. The SMILES string of the molecule is CC(CNC(=O)c1ccc(CNC(=O)C(C)(C)C)cc1)C(=O)O. The molecule has 6 heteroatoms. The van der Waals surface area contributed by atoms with Crippen LogP contribution in [0.2, 0.25) is 0 Å². The Bertz CT molecular complexity index is 573. The predicted molar refractivity (Wildman–Crippen MR) is 86.9 cm³/mol. The van der Waals surface area contributed by atoms with Gasteiger partial charge in [0.05, 0.1) is 5.92 Å². The summed E-state index contributed by atoms with van der Waals surface area (Å²) in [6.45, 7) is 7.53. The van der Waals surface area contributed by atoms with Crippen LogP contribution in [-0.2, 0) is 16.1 Å². The van der Waals surface area contributed by atoms with Crippen LogP contribution in [0.3, 0.4) is 0 Å². The summed E-state index contributed by atoms with van der Waals surface area (Å²) in [5.41, 5.74) is 0.896. The van der Waals surface area contributed by atoms with Gasteiger partial charge in [-0.15, -0.1) is 0 Å². The normalized spacial score (nSPS) is 12.3. The van der Waals surface area contributed by atoms with Gasteiger partial charge in [-0.3, -0.25) is 14.4 Å². The van der Waals surface area contributed by atoms with Crippen molar-refractivity contribution < 1.29 is 19.5 Å². The van der Waals surface area contributed by atoms with Crippen molar-refractivity contribution in [3.05, 3.63) is 35.4 Å². The molecule has 0 heterocycles. The van der Waals surface area contributed by atoms with Crippen LogP contribution in [0.1, 0.15) is 43.6 Å². The molecule has 0 aromatic heterocycles. The van der Waals surface area contributed by atoms with E-state index >= 15 is 0 Å². The van der Waals surface area contributed by atoms with E-state index in [1.807, 2.05) is 20.8 Å². The Morgan fingerprint density at radius 1 is 1.09 bits per heavy atom. The topological polar surface area (TPSA) is 95.5 Å². The van der Waals surface area contributed by atoms with Crippen LogP contribution in [-0.4, -0.2) is 29.4 Å². The number of amides is 2. The van der Waals surface area contributed by atoms with E-state index in [-0.39, 0.29) is 18.4 Å². The van der Waals surface area contributed by atoms with Crippen LogP contribution >= 0.6 is 0 Å². The Hall–Kier alpha value is -2.37. The first-order valence-electron chi connectivity index (χ1n) is 7.49. The summed E-state index contributed by atoms with van der Waals surface area (Å²) in [5, 5.41) is 14.2. The predicted octanol–water partition coefficient (Wildman–Crippen LogP) is 1.80. The molecule has 6 nitrogen and oxygen atoms in total. The zero-order chi connectivity index (χ0) is 17.6. The lowest BCUT2D eigenvalue weighted by molar-refractivity contribution is -0.140. The van der Waals surface area contributed by atoms with Crippen molar-refractivity contribution in [3.8, 4) is 0 Å². The third-order valence-electron chi connectivity index (χ3n) is 3.34. The maximum Gasteiger partial charge on any atom is 0.308 e. The van der Waals surface area contributed by atoms with Gasteiger partial charge in [-0.05, 0) is 17.7 Å². The highest BCUT2D eigenvalue weighted by Crippen LogP contribution is 2.13. The van der Waals surface area contributed by atoms with Gasteiger partial charge in [-0.25, -0.2) is 0 Å². The first-order chi connectivity index (χ1) is 10.6. The van der Waals surface area contributed by atoms with E-state index in [1.54, 1.807) is 24.3 Å². The van der Waals surface area contributed by atoms with Gasteiger partial charge >= 0.3 is 5.97 Å². The van der Waals surface area contributed by atoms with Crippen LogP contribution < -0.4 is 10.6 Å². The van der Waals surface area contributed by atoms with Crippen molar-refractivity contribution in [2.24, 2.45) is 11.3 Å². The molecule has 1 rings (SSSR count). The van der Waals surface area contributed by atoms with E-state index in [0.29, 0.717) is 12.1 Å². The number of carboxylic acids is 1. The van der Waals surface area contributed by atoms with Crippen LogP contribution in [0.4, 0.5) is 0 Å². The fraction of sp³-hybridized carbons (Fsp3) is 0.471. The first kappa shape index (κ1) is 18.7. The zero-order valence-electron chi connectivity index (χ0n) is 14.0. The summed E-state index contributed by atoms with van der Waals surface area (Å²) < 4.78 is 0. The number of rotatable bonds is 6. The van der Waals surface area contributed by atoms with E-state index in [4.69, 9.17) is 5.11 Å². The molecule has 0 saturated heterocycles. The lowest BCUT2D eigenvalue weighted by atomic mass is 9.95.